The van der Waals surface area contributed by atoms with E-state index >= 15 is 0 Å². The molecule has 0 bridgehead atoms. The molecule has 2 aliphatic rings. The Morgan fingerprint density at radius 2 is 0.477 bits per heavy atom. The smallest absolute Gasteiger partial charge is 0.135 e. The van der Waals surface area contributed by atoms with Gasteiger partial charge in [0.2, 0.25) is 0 Å². The molecule has 0 spiro atoms. The molecular formula is C106H72O. The third-order valence-corrected chi connectivity index (χ3v) is 23.9. The van der Waals surface area contributed by atoms with Gasteiger partial charge in [0.05, 0.1) is 0 Å². The quantitative estimate of drug-likeness (QED) is 0.145. The summed E-state index contributed by atoms with van der Waals surface area (Å²) < 4.78 is 6.12. The first-order valence-corrected chi connectivity index (χ1v) is 37.5. The number of benzene rings is 19. The third kappa shape index (κ3) is 9.77. The fourth-order valence-electron chi connectivity index (χ4n) is 18.9. The zero-order valence-corrected chi connectivity index (χ0v) is 60.0. The van der Waals surface area contributed by atoms with E-state index in [1.165, 1.54) is 198 Å². The molecule has 1 aromatic heterocycles. The van der Waals surface area contributed by atoms with Crippen molar-refractivity contribution in [2.75, 3.05) is 0 Å². The second-order valence-corrected chi connectivity index (χ2v) is 30.4. The van der Waals surface area contributed by atoms with Crippen molar-refractivity contribution in [1.82, 2.24) is 0 Å². The lowest BCUT2D eigenvalue weighted by Crippen LogP contribution is -2.16. The van der Waals surface area contributed by atoms with Crippen LogP contribution >= 0.6 is 0 Å². The summed E-state index contributed by atoms with van der Waals surface area (Å²) in [5, 5.41) is 20.2. The standard InChI is InChI=1S/C57H38O.C49H34/c1-57(2)51-34-40-13-4-3-12-39(40)32-49(51)48-20-11-19-42(56(48)57)36-24-28-38(29-25-36)55-46-17-7-5-15-44(46)54(45-16-6-8-18-47(45)55)37-26-22-35(23-27-37)41-30-31-53-50(33-41)43-14-9-10-21-52(43)58-53;1-49(2)45-30-35-15-4-3-14-34(35)29-44(45)43-24-12-22-37(48(43)49)32-25-27-33(28-26-32)46-39-18-7-9-20-41(39)47(42-21-10-8-19-40(42)46)38-23-11-16-31-13-5-6-17-36(31)38/h3-34H,1-2H3;3-30H,1-2H3. The zero-order valence-electron chi connectivity index (χ0n) is 60.0. The fourth-order valence-corrected chi connectivity index (χ4v) is 18.9. The van der Waals surface area contributed by atoms with E-state index in [0.29, 0.717) is 0 Å². The van der Waals surface area contributed by atoms with Crippen LogP contribution in [-0.2, 0) is 10.8 Å². The zero-order chi connectivity index (χ0) is 71.2. The van der Waals surface area contributed by atoms with E-state index in [4.69, 9.17) is 4.42 Å². The second kappa shape index (κ2) is 24.2. The van der Waals surface area contributed by atoms with Crippen molar-refractivity contribution in [2.24, 2.45) is 0 Å². The Morgan fingerprint density at radius 3 is 0.916 bits per heavy atom. The SMILES string of the molecule is CC1(C)c2cc3ccccc3cc2-c2cccc(-c3ccc(-c4c5ccccc5c(-c5ccc(-c6ccc7oc8ccccc8c7c6)cc5)c5ccccc45)cc3)c21.CC1(C)c2cc3ccccc3cc2-c2cccc(-c3ccc(-c4c5ccccc5c(-c5cccc6ccccc56)c5ccccc45)cc3)c21. The molecular weight excluding hydrogens is 1290 g/mol. The number of hydrogen-bond acceptors (Lipinski definition) is 1. The summed E-state index contributed by atoms with van der Waals surface area (Å²) in [6.07, 6.45) is 0. The van der Waals surface area contributed by atoms with Gasteiger partial charge in [0.25, 0.3) is 0 Å². The minimum atomic E-state index is -0.118. The Morgan fingerprint density at radius 1 is 0.178 bits per heavy atom. The number of rotatable bonds is 7. The van der Waals surface area contributed by atoms with Crippen molar-refractivity contribution in [2.45, 2.75) is 38.5 Å². The molecule has 0 N–H and O–H groups in total. The van der Waals surface area contributed by atoms with Gasteiger partial charge in [-0.15, -0.1) is 0 Å². The molecule has 0 unspecified atom stereocenters. The Hall–Kier alpha value is -13.2. The lowest BCUT2D eigenvalue weighted by Gasteiger charge is -2.25. The Bertz CT molecular complexity index is 6960. The van der Waals surface area contributed by atoms with E-state index in [2.05, 4.69) is 380 Å². The molecule has 0 radical (unpaired) electrons. The van der Waals surface area contributed by atoms with Gasteiger partial charge in [-0.3, -0.25) is 0 Å². The first kappa shape index (κ1) is 62.4. The van der Waals surface area contributed by atoms with Gasteiger partial charge < -0.3 is 4.42 Å². The van der Waals surface area contributed by atoms with Crippen LogP contribution in [0.25, 0.3) is 197 Å². The molecule has 20 aromatic rings. The molecule has 0 amide bonds. The van der Waals surface area contributed by atoms with Gasteiger partial charge in [0.1, 0.15) is 11.2 Å². The molecule has 22 rings (SSSR count). The van der Waals surface area contributed by atoms with Gasteiger partial charge >= 0.3 is 0 Å². The average Bonchev–Trinajstić information content (AvgIpc) is 1.72. The molecule has 0 saturated heterocycles. The summed E-state index contributed by atoms with van der Waals surface area (Å²) in [5.41, 5.74) is 30.3. The molecule has 0 aliphatic heterocycles. The maximum Gasteiger partial charge on any atom is 0.135 e. The molecule has 1 nitrogen and oxygen atoms in total. The maximum atomic E-state index is 6.12. The van der Waals surface area contributed by atoms with Crippen LogP contribution in [0.4, 0.5) is 0 Å². The number of hydrogen-bond donors (Lipinski definition) is 0. The molecule has 107 heavy (non-hydrogen) atoms. The summed E-state index contributed by atoms with van der Waals surface area (Å²) in [4.78, 5) is 0. The number of para-hydroxylation sites is 1. The number of fused-ring (bicyclic) bond motifs is 16. The summed E-state index contributed by atoms with van der Waals surface area (Å²) in [7, 11) is 0. The van der Waals surface area contributed by atoms with Gasteiger partial charge in [0, 0.05) is 21.6 Å². The van der Waals surface area contributed by atoms with Crippen molar-refractivity contribution in [3.63, 3.8) is 0 Å². The monoisotopic (exact) mass is 1360 g/mol. The Balaban J connectivity index is 0.000000139. The minimum absolute atomic E-state index is 0.103. The molecule has 2 aliphatic carbocycles. The molecule has 1 heterocycles. The predicted molar refractivity (Wildman–Crippen MR) is 456 cm³/mol. The van der Waals surface area contributed by atoms with Crippen molar-refractivity contribution < 1.29 is 4.42 Å². The van der Waals surface area contributed by atoms with Crippen molar-refractivity contribution in [3.8, 4) is 100 Å². The van der Waals surface area contributed by atoms with E-state index in [0.717, 1.165) is 21.9 Å². The second-order valence-electron chi connectivity index (χ2n) is 30.4. The predicted octanol–water partition coefficient (Wildman–Crippen LogP) is 29.6. The van der Waals surface area contributed by atoms with Gasteiger partial charge in [-0.25, -0.2) is 0 Å². The summed E-state index contributed by atoms with van der Waals surface area (Å²) in [6, 6.07) is 135. The minimum Gasteiger partial charge on any atom is -0.456 e. The van der Waals surface area contributed by atoms with Crippen LogP contribution in [0.2, 0.25) is 0 Å². The van der Waals surface area contributed by atoms with Crippen molar-refractivity contribution >= 4 is 97.3 Å². The van der Waals surface area contributed by atoms with Crippen LogP contribution in [0.15, 0.2) is 368 Å². The fraction of sp³-hybridized carbons (Fsp3) is 0.0566. The summed E-state index contributed by atoms with van der Waals surface area (Å²) in [6.45, 7) is 9.55. The number of furan rings is 1. The highest BCUT2D eigenvalue weighted by atomic mass is 16.3. The van der Waals surface area contributed by atoms with Crippen LogP contribution in [0, 0.1) is 0 Å². The average molecular weight is 1360 g/mol. The molecule has 0 atom stereocenters. The van der Waals surface area contributed by atoms with E-state index < -0.39 is 0 Å². The van der Waals surface area contributed by atoms with Crippen molar-refractivity contribution in [1.29, 1.82) is 0 Å². The highest BCUT2D eigenvalue weighted by Crippen LogP contribution is 2.56. The van der Waals surface area contributed by atoms with Crippen LogP contribution < -0.4 is 0 Å². The van der Waals surface area contributed by atoms with E-state index in [1.807, 2.05) is 12.1 Å². The molecule has 0 fully saturated rings. The van der Waals surface area contributed by atoms with E-state index in [1.54, 1.807) is 0 Å². The Kier molecular flexibility index (Phi) is 14.1. The van der Waals surface area contributed by atoms with Crippen LogP contribution in [0.5, 0.6) is 0 Å². The van der Waals surface area contributed by atoms with E-state index in [-0.39, 0.29) is 10.8 Å². The van der Waals surface area contributed by atoms with Gasteiger partial charge in [-0.1, -0.05) is 349 Å². The van der Waals surface area contributed by atoms with Gasteiger partial charge in [-0.2, -0.15) is 0 Å². The highest BCUT2D eigenvalue weighted by molar-refractivity contribution is 6.24. The van der Waals surface area contributed by atoms with Crippen molar-refractivity contribution in [3.05, 3.63) is 386 Å². The molecule has 0 saturated carbocycles. The van der Waals surface area contributed by atoms with Crippen LogP contribution in [-0.4, -0.2) is 0 Å². The first-order valence-electron chi connectivity index (χ1n) is 37.5. The summed E-state index contributed by atoms with van der Waals surface area (Å²) >= 11 is 0. The van der Waals surface area contributed by atoms with E-state index in [9.17, 15) is 0 Å². The molecule has 19 aromatic carbocycles. The topological polar surface area (TPSA) is 13.1 Å². The van der Waals surface area contributed by atoms with Crippen LogP contribution in [0.3, 0.4) is 0 Å². The summed E-state index contributed by atoms with van der Waals surface area (Å²) in [5.74, 6) is 0. The maximum absolute atomic E-state index is 6.12. The first-order chi connectivity index (χ1) is 52.6. The normalized spacial score (nSPS) is 13.2. The largest absolute Gasteiger partial charge is 0.456 e. The van der Waals surface area contributed by atoms with Crippen LogP contribution in [0.1, 0.15) is 49.9 Å². The lowest BCUT2D eigenvalue weighted by molar-refractivity contribution is 0.663. The van der Waals surface area contributed by atoms with Gasteiger partial charge in [-0.05, 0) is 240 Å². The van der Waals surface area contributed by atoms with Gasteiger partial charge in [0.15, 0.2) is 0 Å². The third-order valence-electron chi connectivity index (χ3n) is 23.9. The Labute approximate surface area is 622 Å². The lowest BCUT2D eigenvalue weighted by atomic mass is 9.78. The molecule has 502 valence electrons. The highest BCUT2D eigenvalue weighted by Gasteiger charge is 2.40. The molecule has 1 heteroatoms.